The van der Waals surface area contributed by atoms with Crippen LogP contribution in [0.5, 0.6) is 0 Å². The predicted octanol–water partition coefficient (Wildman–Crippen LogP) is 0.268. The summed E-state index contributed by atoms with van der Waals surface area (Å²) < 4.78 is 0. The van der Waals surface area contributed by atoms with Gasteiger partial charge in [0.15, 0.2) is 0 Å². The Morgan fingerprint density at radius 2 is 1.62 bits per heavy atom. The molecule has 0 spiro atoms. The first-order chi connectivity index (χ1) is 9.79. The number of hydrogen-bond donors (Lipinski definition) is 2. The van der Waals surface area contributed by atoms with Crippen molar-refractivity contribution in [1.29, 1.82) is 0 Å². The van der Waals surface area contributed by atoms with Crippen molar-refractivity contribution in [3.8, 4) is 0 Å². The zero-order chi connectivity index (χ0) is 16.4. The molecule has 0 rings (SSSR count). The number of nitrogens with one attached hydrogen (secondary N) is 2. The number of amides is 4. The molecule has 0 unspecified atom stereocenters. The van der Waals surface area contributed by atoms with Crippen LogP contribution in [0.15, 0.2) is 0 Å². The van der Waals surface area contributed by atoms with Gasteiger partial charge in [-0.3, -0.25) is 19.8 Å². The molecule has 7 nitrogen and oxygen atoms in total. The van der Waals surface area contributed by atoms with Gasteiger partial charge in [-0.2, -0.15) is 0 Å². The van der Waals surface area contributed by atoms with Crippen molar-refractivity contribution < 1.29 is 14.4 Å². The molecule has 0 saturated heterocycles. The Morgan fingerprint density at radius 3 is 2.10 bits per heavy atom. The minimum absolute atomic E-state index is 0.00209. The van der Waals surface area contributed by atoms with Gasteiger partial charge in [0, 0.05) is 19.6 Å². The zero-order valence-corrected chi connectivity index (χ0v) is 13.7. The van der Waals surface area contributed by atoms with Crippen molar-refractivity contribution in [3.05, 3.63) is 0 Å². The van der Waals surface area contributed by atoms with E-state index in [1.165, 1.54) is 0 Å². The summed E-state index contributed by atoms with van der Waals surface area (Å²) in [5, 5.41) is 4.84. The molecule has 0 heterocycles. The lowest BCUT2D eigenvalue weighted by Gasteiger charge is -2.22. The van der Waals surface area contributed by atoms with E-state index >= 15 is 0 Å². The molecule has 0 aromatic rings. The minimum Gasteiger partial charge on any atom is -0.342 e. The molecule has 0 aromatic carbocycles. The second-order valence-corrected chi connectivity index (χ2v) is 5.39. The molecule has 0 aromatic heterocycles. The third kappa shape index (κ3) is 9.01. The normalized spacial score (nSPS) is 10.6. The van der Waals surface area contributed by atoms with Gasteiger partial charge in [-0.15, -0.1) is 0 Å². The van der Waals surface area contributed by atoms with Crippen LogP contribution in [0.4, 0.5) is 4.79 Å². The third-order valence-corrected chi connectivity index (χ3v) is 2.86. The van der Waals surface area contributed by atoms with Crippen molar-refractivity contribution in [3.63, 3.8) is 0 Å². The quantitative estimate of drug-likeness (QED) is 0.674. The first-order valence-electron chi connectivity index (χ1n) is 7.34. The molecular formula is C14H28N4O3. The van der Waals surface area contributed by atoms with Gasteiger partial charge in [0.05, 0.1) is 13.1 Å². The van der Waals surface area contributed by atoms with Gasteiger partial charge >= 0.3 is 6.03 Å². The molecule has 0 fully saturated rings. The second-order valence-electron chi connectivity index (χ2n) is 5.39. The van der Waals surface area contributed by atoms with Gasteiger partial charge in [-0.25, -0.2) is 4.79 Å². The predicted molar refractivity (Wildman–Crippen MR) is 81.8 cm³/mol. The number of carbonyl (C=O) groups is 3. The second kappa shape index (κ2) is 10.1. The van der Waals surface area contributed by atoms with E-state index in [2.05, 4.69) is 10.6 Å². The molecule has 0 saturated carbocycles. The minimum atomic E-state index is -0.503. The lowest BCUT2D eigenvalue weighted by molar-refractivity contribution is -0.132. The molecule has 0 aliphatic rings. The van der Waals surface area contributed by atoms with E-state index in [4.69, 9.17) is 0 Å². The fourth-order valence-corrected chi connectivity index (χ4v) is 1.72. The molecule has 7 heteroatoms. The Hall–Kier alpha value is -1.63. The number of nitrogens with zero attached hydrogens (tertiary/aromatic N) is 2. The molecule has 0 bridgehead atoms. The maximum absolute atomic E-state index is 11.9. The molecule has 122 valence electrons. The topological polar surface area (TPSA) is 81.8 Å². The number of carbonyl (C=O) groups excluding carboxylic acids is 3. The highest BCUT2D eigenvalue weighted by molar-refractivity contribution is 5.95. The van der Waals surface area contributed by atoms with Crippen molar-refractivity contribution >= 4 is 17.8 Å². The standard InChI is InChI=1S/C14H28N4O3/c1-6-18(7-2)13(20)10-17(5)9-12(19)16-14(21)15-8-11(3)4/h11H,6-10H2,1-5H3,(H2,15,16,19,21). The van der Waals surface area contributed by atoms with Crippen LogP contribution in [-0.2, 0) is 9.59 Å². The third-order valence-electron chi connectivity index (χ3n) is 2.86. The fraction of sp³-hybridized carbons (Fsp3) is 0.786. The van der Waals surface area contributed by atoms with Gasteiger partial charge in [-0.05, 0) is 26.8 Å². The monoisotopic (exact) mass is 300 g/mol. The Bertz CT molecular complexity index is 354. The van der Waals surface area contributed by atoms with E-state index in [0.29, 0.717) is 25.6 Å². The number of likely N-dealkylation sites (N-methyl/N-ethyl adjacent to an activating group) is 2. The van der Waals surface area contributed by atoms with E-state index in [1.54, 1.807) is 16.8 Å². The zero-order valence-electron chi connectivity index (χ0n) is 13.7. The Kier molecular flexibility index (Phi) is 9.36. The van der Waals surface area contributed by atoms with Crippen LogP contribution in [0.2, 0.25) is 0 Å². The van der Waals surface area contributed by atoms with Gasteiger partial charge in [-0.1, -0.05) is 13.8 Å². The summed E-state index contributed by atoms with van der Waals surface area (Å²) in [5.41, 5.74) is 0. The van der Waals surface area contributed by atoms with Crippen LogP contribution in [0.1, 0.15) is 27.7 Å². The molecule has 21 heavy (non-hydrogen) atoms. The van der Waals surface area contributed by atoms with Gasteiger partial charge in [0.1, 0.15) is 0 Å². The van der Waals surface area contributed by atoms with E-state index in [9.17, 15) is 14.4 Å². The Balaban J connectivity index is 4.09. The van der Waals surface area contributed by atoms with Crippen LogP contribution in [0, 0.1) is 5.92 Å². The molecule has 0 atom stereocenters. The van der Waals surface area contributed by atoms with Crippen molar-refractivity contribution in [2.24, 2.45) is 5.92 Å². The summed E-state index contributed by atoms with van der Waals surface area (Å²) in [6.45, 7) is 9.71. The first-order valence-corrected chi connectivity index (χ1v) is 7.34. The lowest BCUT2D eigenvalue weighted by atomic mass is 10.2. The SMILES string of the molecule is CCN(CC)C(=O)CN(C)CC(=O)NC(=O)NCC(C)C. The largest absolute Gasteiger partial charge is 0.342 e. The smallest absolute Gasteiger partial charge is 0.321 e. The summed E-state index contributed by atoms with van der Waals surface area (Å²) in [6.07, 6.45) is 0. The molecular weight excluding hydrogens is 272 g/mol. The summed E-state index contributed by atoms with van der Waals surface area (Å²) in [5.74, 6) is -0.133. The maximum Gasteiger partial charge on any atom is 0.321 e. The molecule has 0 aliphatic carbocycles. The summed E-state index contributed by atoms with van der Waals surface area (Å²) in [6, 6.07) is -0.503. The number of rotatable bonds is 8. The first kappa shape index (κ1) is 19.4. The summed E-state index contributed by atoms with van der Waals surface area (Å²) in [4.78, 5) is 38.2. The molecule has 4 amide bonds. The van der Waals surface area contributed by atoms with Crippen LogP contribution < -0.4 is 10.6 Å². The Labute approximate surface area is 127 Å². The number of imide groups is 1. The van der Waals surface area contributed by atoms with Crippen molar-refractivity contribution in [2.45, 2.75) is 27.7 Å². The van der Waals surface area contributed by atoms with Crippen LogP contribution in [0.25, 0.3) is 0 Å². The maximum atomic E-state index is 11.9. The fourth-order valence-electron chi connectivity index (χ4n) is 1.72. The van der Waals surface area contributed by atoms with Crippen LogP contribution in [0.3, 0.4) is 0 Å². The van der Waals surface area contributed by atoms with E-state index in [-0.39, 0.29) is 19.0 Å². The van der Waals surface area contributed by atoms with Crippen molar-refractivity contribution in [2.75, 3.05) is 39.8 Å². The lowest BCUT2D eigenvalue weighted by Crippen LogP contribution is -2.46. The van der Waals surface area contributed by atoms with Gasteiger partial charge in [0.25, 0.3) is 0 Å². The van der Waals surface area contributed by atoms with Crippen LogP contribution >= 0.6 is 0 Å². The molecule has 0 radical (unpaired) electrons. The average Bonchev–Trinajstić information content (AvgIpc) is 2.37. The van der Waals surface area contributed by atoms with Gasteiger partial charge in [0.2, 0.25) is 11.8 Å². The highest BCUT2D eigenvalue weighted by atomic mass is 16.2. The van der Waals surface area contributed by atoms with E-state index in [1.807, 2.05) is 27.7 Å². The van der Waals surface area contributed by atoms with E-state index in [0.717, 1.165) is 0 Å². The Morgan fingerprint density at radius 1 is 1.05 bits per heavy atom. The highest BCUT2D eigenvalue weighted by Crippen LogP contribution is 1.92. The number of hydrogen-bond acceptors (Lipinski definition) is 4. The highest BCUT2D eigenvalue weighted by Gasteiger charge is 2.15. The van der Waals surface area contributed by atoms with E-state index < -0.39 is 11.9 Å². The van der Waals surface area contributed by atoms with Crippen LogP contribution in [-0.4, -0.2) is 67.4 Å². The average molecular weight is 300 g/mol. The summed E-state index contributed by atoms with van der Waals surface area (Å²) in [7, 11) is 1.67. The van der Waals surface area contributed by atoms with Gasteiger partial charge < -0.3 is 10.2 Å². The number of urea groups is 1. The van der Waals surface area contributed by atoms with Crippen molar-refractivity contribution in [1.82, 2.24) is 20.4 Å². The molecule has 2 N–H and O–H groups in total. The summed E-state index contributed by atoms with van der Waals surface area (Å²) >= 11 is 0. The molecule has 0 aliphatic heterocycles.